The van der Waals surface area contributed by atoms with E-state index >= 15 is 0 Å². The molecule has 3 rings (SSSR count). The van der Waals surface area contributed by atoms with Crippen molar-refractivity contribution in [2.75, 3.05) is 29.9 Å². The highest BCUT2D eigenvalue weighted by molar-refractivity contribution is 7.80. The normalized spacial score (nSPS) is 12.8. The summed E-state index contributed by atoms with van der Waals surface area (Å²) in [4.78, 5) is 2.47. The SMILES string of the molecule is CCc1ccc(NC(=S)NCCCN2CCc3ccccc32)cc1. The Morgan fingerprint density at radius 2 is 1.92 bits per heavy atom. The topological polar surface area (TPSA) is 27.3 Å². The van der Waals surface area contributed by atoms with Crippen molar-refractivity contribution in [3.63, 3.8) is 0 Å². The number of aryl methyl sites for hydroxylation is 1. The molecule has 0 fully saturated rings. The molecule has 0 spiro atoms. The lowest BCUT2D eigenvalue weighted by Crippen LogP contribution is -2.32. The summed E-state index contributed by atoms with van der Waals surface area (Å²) in [6.07, 6.45) is 3.30. The van der Waals surface area contributed by atoms with Crippen LogP contribution in [0.4, 0.5) is 11.4 Å². The summed E-state index contributed by atoms with van der Waals surface area (Å²) in [5.41, 5.74) is 5.25. The van der Waals surface area contributed by atoms with Gasteiger partial charge >= 0.3 is 0 Å². The van der Waals surface area contributed by atoms with E-state index in [1.165, 1.54) is 16.8 Å². The van der Waals surface area contributed by atoms with E-state index in [1.807, 2.05) is 0 Å². The molecule has 2 aromatic rings. The van der Waals surface area contributed by atoms with E-state index in [1.54, 1.807) is 0 Å². The summed E-state index contributed by atoms with van der Waals surface area (Å²) in [5.74, 6) is 0. The molecule has 2 aromatic carbocycles. The van der Waals surface area contributed by atoms with E-state index in [0.717, 1.165) is 44.6 Å². The van der Waals surface area contributed by atoms with Gasteiger partial charge in [0.05, 0.1) is 0 Å². The van der Waals surface area contributed by atoms with Crippen molar-refractivity contribution >= 4 is 28.7 Å². The first-order valence-corrected chi connectivity index (χ1v) is 9.13. The standard InChI is InChI=1S/C20H25N3S/c1-2-16-8-10-18(11-9-16)22-20(24)21-13-5-14-23-15-12-17-6-3-4-7-19(17)23/h3-4,6-11H,2,5,12-15H2,1H3,(H2,21,22,24). The molecular weight excluding hydrogens is 314 g/mol. The van der Waals surface area contributed by atoms with Crippen LogP contribution in [0.15, 0.2) is 48.5 Å². The number of hydrogen-bond acceptors (Lipinski definition) is 2. The molecule has 0 saturated heterocycles. The van der Waals surface area contributed by atoms with Crippen molar-refractivity contribution in [3.8, 4) is 0 Å². The van der Waals surface area contributed by atoms with Crippen LogP contribution in [0.2, 0.25) is 0 Å². The molecule has 2 N–H and O–H groups in total. The van der Waals surface area contributed by atoms with Gasteiger partial charge in [-0.2, -0.15) is 0 Å². The molecular formula is C20H25N3S. The largest absolute Gasteiger partial charge is 0.371 e. The number of benzene rings is 2. The zero-order valence-electron chi connectivity index (χ0n) is 14.2. The second-order valence-electron chi connectivity index (χ2n) is 6.15. The van der Waals surface area contributed by atoms with E-state index in [-0.39, 0.29) is 0 Å². The van der Waals surface area contributed by atoms with Crippen LogP contribution in [0.25, 0.3) is 0 Å². The molecule has 0 amide bonds. The zero-order chi connectivity index (χ0) is 16.8. The van der Waals surface area contributed by atoms with Crippen LogP contribution in [0, 0.1) is 0 Å². The highest BCUT2D eigenvalue weighted by Gasteiger charge is 2.17. The second kappa shape index (κ2) is 8.15. The van der Waals surface area contributed by atoms with Gasteiger partial charge in [-0.15, -0.1) is 0 Å². The molecule has 1 heterocycles. The van der Waals surface area contributed by atoms with Crippen LogP contribution in [0.3, 0.4) is 0 Å². The van der Waals surface area contributed by atoms with Crippen molar-refractivity contribution in [2.24, 2.45) is 0 Å². The number of fused-ring (bicyclic) bond motifs is 1. The third-order valence-corrected chi connectivity index (χ3v) is 4.74. The molecule has 1 aliphatic rings. The van der Waals surface area contributed by atoms with Crippen LogP contribution >= 0.6 is 12.2 Å². The van der Waals surface area contributed by atoms with Crippen molar-refractivity contribution < 1.29 is 0 Å². The van der Waals surface area contributed by atoms with Crippen LogP contribution in [0.1, 0.15) is 24.5 Å². The minimum absolute atomic E-state index is 0.695. The molecule has 1 aliphatic heterocycles. The van der Waals surface area contributed by atoms with Gasteiger partial charge in [0, 0.05) is 31.0 Å². The van der Waals surface area contributed by atoms with Gasteiger partial charge in [-0.1, -0.05) is 37.3 Å². The Kier molecular flexibility index (Phi) is 5.70. The second-order valence-corrected chi connectivity index (χ2v) is 6.56. The molecule has 0 atom stereocenters. The molecule has 126 valence electrons. The van der Waals surface area contributed by atoms with E-state index in [4.69, 9.17) is 12.2 Å². The van der Waals surface area contributed by atoms with Gasteiger partial charge < -0.3 is 15.5 Å². The Hall–Kier alpha value is -2.07. The Morgan fingerprint density at radius 3 is 2.71 bits per heavy atom. The van der Waals surface area contributed by atoms with Gasteiger partial charge in [-0.3, -0.25) is 0 Å². The average molecular weight is 340 g/mol. The lowest BCUT2D eigenvalue weighted by Gasteiger charge is -2.19. The first-order chi connectivity index (χ1) is 11.8. The lowest BCUT2D eigenvalue weighted by atomic mass is 10.1. The van der Waals surface area contributed by atoms with Crippen molar-refractivity contribution in [1.29, 1.82) is 0 Å². The van der Waals surface area contributed by atoms with Crippen LogP contribution in [-0.4, -0.2) is 24.7 Å². The first-order valence-electron chi connectivity index (χ1n) is 8.73. The summed E-state index contributed by atoms with van der Waals surface area (Å²) in [5, 5.41) is 7.24. The van der Waals surface area contributed by atoms with Crippen molar-refractivity contribution in [3.05, 3.63) is 59.7 Å². The highest BCUT2D eigenvalue weighted by Crippen LogP contribution is 2.27. The summed E-state index contributed by atoms with van der Waals surface area (Å²) in [6.45, 7) is 5.24. The summed E-state index contributed by atoms with van der Waals surface area (Å²) < 4.78 is 0. The molecule has 24 heavy (non-hydrogen) atoms. The molecule has 0 radical (unpaired) electrons. The maximum Gasteiger partial charge on any atom is 0.170 e. The number of nitrogens with one attached hydrogen (secondary N) is 2. The maximum absolute atomic E-state index is 5.37. The quantitative estimate of drug-likeness (QED) is 0.615. The smallest absolute Gasteiger partial charge is 0.170 e. The number of para-hydroxylation sites is 1. The predicted octanol–water partition coefficient (Wildman–Crippen LogP) is 3.99. The minimum atomic E-state index is 0.695. The van der Waals surface area contributed by atoms with Crippen LogP contribution in [0.5, 0.6) is 0 Å². The minimum Gasteiger partial charge on any atom is -0.371 e. The fourth-order valence-electron chi connectivity index (χ4n) is 3.11. The van der Waals surface area contributed by atoms with Crippen LogP contribution in [-0.2, 0) is 12.8 Å². The van der Waals surface area contributed by atoms with Crippen LogP contribution < -0.4 is 15.5 Å². The van der Waals surface area contributed by atoms with Gasteiger partial charge in [0.15, 0.2) is 5.11 Å². The Morgan fingerprint density at radius 1 is 1.12 bits per heavy atom. The van der Waals surface area contributed by atoms with E-state index in [2.05, 4.69) is 71.0 Å². The Labute approximate surface area is 150 Å². The number of nitrogens with zero attached hydrogens (tertiary/aromatic N) is 1. The number of thiocarbonyl (C=S) groups is 1. The number of rotatable bonds is 6. The third-order valence-electron chi connectivity index (χ3n) is 4.49. The fraction of sp³-hybridized carbons (Fsp3) is 0.350. The average Bonchev–Trinajstić information content (AvgIpc) is 3.03. The van der Waals surface area contributed by atoms with Crippen molar-refractivity contribution in [2.45, 2.75) is 26.2 Å². The molecule has 0 saturated carbocycles. The lowest BCUT2D eigenvalue weighted by molar-refractivity contribution is 0.730. The maximum atomic E-state index is 5.37. The van der Waals surface area contributed by atoms with E-state index in [9.17, 15) is 0 Å². The van der Waals surface area contributed by atoms with Gasteiger partial charge in [0.25, 0.3) is 0 Å². The molecule has 0 bridgehead atoms. The number of hydrogen-bond donors (Lipinski definition) is 2. The van der Waals surface area contributed by atoms with Gasteiger partial charge in [0.2, 0.25) is 0 Å². The zero-order valence-corrected chi connectivity index (χ0v) is 15.0. The third kappa shape index (κ3) is 4.26. The Bertz CT molecular complexity index is 682. The van der Waals surface area contributed by atoms with Gasteiger partial charge in [-0.05, 0) is 60.8 Å². The number of anilines is 2. The highest BCUT2D eigenvalue weighted by atomic mass is 32.1. The first kappa shape index (κ1) is 16.8. The summed E-state index contributed by atoms with van der Waals surface area (Å²) >= 11 is 5.37. The molecule has 0 aliphatic carbocycles. The van der Waals surface area contributed by atoms with Gasteiger partial charge in [0.1, 0.15) is 0 Å². The van der Waals surface area contributed by atoms with E-state index < -0.39 is 0 Å². The van der Waals surface area contributed by atoms with Crippen molar-refractivity contribution in [1.82, 2.24) is 5.32 Å². The predicted molar refractivity (Wildman–Crippen MR) is 107 cm³/mol. The summed E-state index contributed by atoms with van der Waals surface area (Å²) in [6, 6.07) is 17.1. The van der Waals surface area contributed by atoms with E-state index in [0.29, 0.717) is 5.11 Å². The Balaban J connectivity index is 1.38. The molecule has 4 heteroatoms. The molecule has 0 unspecified atom stereocenters. The van der Waals surface area contributed by atoms with Gasteiger partial charge in [-0.25, -0.2) is 0 Å². The molecule has 0 aromatic heterocycles. The monoisotopic (exact) mass is 339 g/mol. The summed E-state index contributed by atoms with van der Waals surface area (Å²) in [7, 11) is 0. The molecule has 3 nitrogen and oxygen atoms in total. The fourth-order valence-corrected chi connectivity index (χ4v) is 3.33.